The number of amides is 1. The minimum atomic E-state index is -3.78. The van der Waals surface area contributed by atoms with Crippen LogP contribution in [0.3, 0.4) is 0 Å². The van der Waals surface area contributed by atoms with Gasteiger partial charge < -0.3 is 5.32 Å². The van der Waals surface area contributed by atoms with Gasteiger partial charge in [0.25, 0.3) is 5.69 Å². The second-order valence-corrected chi connectivity index (χ2v) is 9.80. The molecule has 0 aliphatic rings. The van der Waals surface area contributed by atoms with Gasteiger partial charge in [-0.05, 0) is 30.7 Å². The van der Waals surface area contributed by atoms with Crippen LogP contribution in [0.4, 0.5) is 11.4 Å². The van der Waals surface area contributed by atoms with Crippen LogP contribution in [0.15, 0.2) is 48.5 Å². The van der Waals surface area contributed by atoms with Gasteiger partial charge in [0.15, 0.2) is 0 Å². The fourth-order valence-electron chi connectivity index (χ4n) is 2.74. The van der Waals surface area contributed by atoms with Crippen LogP contribution in [0.25, 0.3) is 0 Å². The number of carbonyl (C=O) groups is 1. The highest BCUT2D eigenvalue weighted by molar-refractivity contribution is 7.98. The van der Waals surface area contributed by atoms with Gasteiger partial charge in [0.2, 0.25) is 15.9 Å². The van der Waals surface area contributed by atoms with Gasteiger partial charge >= 0.3 is 0 Å². The highest BCUT2D eigenvalue weighted by Gasteiger charge is 2.22. The standard InChI is InChI=1S/C20H25N3O5S2/c1-16-6-3-7-17(12-16)15-29-11-5-10-21-20(24)14-22(30(2,27)28)18-8-4-9-19(13-18)23(25)26/h3-4,6-9,12-13H,5,10-11,14-15H2,1-2H3,(H,21,24). The third-order valence-electron chi connectivity index (χ3n) is 4.15. The van der Waals surface area contributed by atoms with E-state index in [-0.39, 0.29) is 11.4 Å². The molecule has 30 heavy (non-hydrogen) atoms. The Kier molecular flexibility index (Phi) is 8.67. The van der Waals surface area contributed by atoms with E-state index in [4.69, 9.17) is 0 Å². The quantitative estimate of drug-likeness (QED) is 0.319. The Morgan fingerprint density at radius 1 is 1.20 bits per heavy atom. The summed E-state index contributed by atoms with van der Waals surface area (Å²) in [5, 5.41) is 13.6. The van der Waals surface area contributed by atoms with E-state index in [0.29, 0.717) is 6.54 Å². The van der Waals surface area contributed by atoms with Crippen LogP contribution in [-0.2, 0) is 20.6 Å². The molecule has 0 aliphatic heterocycles. The number of thioether (sulfide) groups is 1. The van der Waals surface area contributed by atoms with E-state index >= 15 is 0 Å². The summed E-state index contributed by atoms with van der Waals surface area (Å²) in [6.45, 7) is 2.04. The summed E-state index contributed by atoms with van der Waals surface area (Å²) in [6, 6.07) is 13.5. The summed E-state index contributed by atoms with van der Waals surface area (Å²) >= 11 is 1.76. The van der Waals surface area contributed by atoms with E-state index in [1.165, 1.54) is 29.3 Å². The van der Waals surface area contributed by atoms with Crippen LogP contribution in [0, 0.1) is 17.0 Å². The van der Waals surface area contributed by atoms with E-state index in [9.17, 15) is 23.3 Å². The number of non-ortho nitro benzene ring substituents is 1. The number of nitrogens with one attached hydrogen (secondary N) is 1. The number of hydrogen-bond acceptors (Lipinski definition) is 6. The van der Waals surface area contributed by atoms with Gasteiger partial charge in [-0.1, -0.05) is 35.9 Å². The number of aryl methyl sites for hydroxylation is 1. The Morgan fingerprint density at radius 3 is 2.60 bits per heavy atom. The van der Waals surface area contributed by atoms with Gasteiger partial charge in [-0.2, -0.15) is 11.8 Å². The van der Waals surface area contributed by atoms with Crippen LogP contribution in [-0.4, -0.2) is 44.3 Å². The molecule has 8 nitrogen and oxygen atoms in total. The number of hydrogen-bond donors (Lipinski definition) is 1. The van der Waals surface area contributed by atoms with Gasteiger partial charge in [0, 0.05) is 24.4 Å². The van der Waals surface area contributed by atoms with E-state index in [0.717, 1.165) is 34.6 Å². The molecule has 0 saturated carbocycles. The first-order valence-electron chi connectivity index (χ1n) is 9.29. The third-order valence-corrected chi connectivity index (χ3v) is 6.41. The first kappa shape index (κ1) is 23.7. The first-order valence-corrected chi connectivity index (χ1v) is 12.3. The van der Waals surface area contributed by atoms with Crippen molar-refractivity contribution in [3.8, 4) is 0 Å². The van der Waals surface area contributed by atoms with Crippen molar-refractivity contribution in [3.05, 3.63) is 69.8 Å². The van der Waals surface area contributed by atoms with Gasteiger partial charge in [-0.3, -0.25) is 19.2 Å². The lowest BCUT2D eigenvalue weighted by Crippen LogP contribution is -2.40. The molecule has 0 spiro atoms. The maximum absolute atomic E-state index is 12.2. The summed E-state index contributed by atoms with van der Waals surface area (Å²) in [5.41, 5.74) is 2.31. The molecule has 0 bridgehead atoms. The first-order chi connectivity index (χ1) is 14.2. The van der Waals surface area contributed by atoms with E-state index in [1.807, 2.05) is 6.07 Å². The number of nitro benzene ring substituents is 1. The lowest BCUT2D eigenvalue weighted by Gasteiger charge is -2.21. The molecule has 10 heteroatoms. The highest BCUT2D eigenvalue weighted by Crippen LogP contribution is 2.23. The largest absolute Gasteiger partial charge is 0.354 e. The Hall–Kier alpha value is -2.59. The monoisotopic (exact) mass is 451 g/mol. The molecule has 2 aromatic carbocycles. The van der Waals surface area contributed by atoms with Crippen molar-refractivity contribution in [2.24, 2.45) is 0 Å². The molecule has 0 saturated heterocycles. The Balaban J connectivity index is 1.82. The minimum Gasteiger partial charge on any atom is -0.354 e. The lowest BCUT2D eigenvalue weighted by atomic mass is 10.2. The molecular weight excluding hydrogens is 426 g/mol. The molecule has 0 radical (unpaired) electrons. The Labute approximate surface area is 180 Å². The number of anilines is 1. The number of carbonyl (C=O) groups excluding carboxylic acids is 1. The molecule has 2 rings (SSSR count). The van der Waals surface area contributed by atoms with Crippen molar-refractivity contribution in [2.45, 2.75) is 19.1 Å². The fraction of sp³-hybridized carbons (Fsp3) is 0.350. The summed E-state index contributed by atoms with van der Waals surface area (Å²) in [4.78, 5) is 22.6. The summed E-state index contributed by atoms with van der Waals surface area (Å²) in [7, 11) is -3.78. The van der Waals surface area contributed by atoms with Crippen LogP contribution < -0.4 is 9.62 Å². The molecule has 0 aliphatic carbocycles. The fourth-order valence-corrected chi connectivity index (χ4v) is 4.50. The Bertz CT molecular complexity index is 995. The van der Waals surface area contributed by atoms with Crippen LogP contribution >= 0.6 is 11.8 Å². The average molecular weight is 452 g/mol. The molecule has 1 N–H and O–H groups in total. The predicted octanol–water partition coefficient (Wildman–Crippen LogP) is 3.11. The molecule has 1 amide bonds. The van der Waals surface area contributed by atoms with Gasteiger partial charge in [-0.25, -0.2) is 8.42 Å². The molecule has 0 heterocycles. The maximum atomic E-state index is 12.2. The molecule has 0 unspecified atom stereocenters. The zero-order valence-corrected chi connectivity index (χ0v) is 18.5. The van der Waals surface area contributed by atoms with Crippen molar-refractivity contribution >= 4 is 39.1 Å². The van der Waals surface area contributed by atoms with Gasteiger partial charge in [-0.15, -0.1) is 0 Å². The molecule has 0 fully saturated rings. The molecular formula is C20H25N3O5S2. The predicted molar refractivity (Wildman–Crippen MR) is 120 cm³/mol. The molecule has 162 valence electrons. The van der Waals surface area contributed by atoms with Crippen molar-refractivity contribution in [2.75, 3.05) is 29.4 Å². The normalized spacial score (nSPS) is 11.1. The molecule has 0 aromatic heterocycles. The number of rotatable bonds is 11. The van der Waals surface area contributed by atoms with Crippen LogP contribution in [0.2, 0.25) is 0 Å². The third kappa shape index (κ3) is 7.68. The highest BCUT2D eigenvalue weighted by atomic mass is 32.2. The van der Waals surface area contributed by atoms with Crippen molar-refractivity contribution in [1.29, 1.82) is 0 Å². The summed E-state index contributed by atoms with van der Waals surface area (Å²) in [5.74, 6) is 1.29. The van der Waals surface area contributed by atoms with Crippen molar-refractivity contribution < 1.29 is 18.1 Å². The van der Waals surface area contributed by atoms with E-state index < -0.39 is 27.4 Å². The maximum Gasteiger partial charge on any atom is 0.271 e. The molecule has 2 aromatic rings. The van der Waals surface area contributed by atoms with E-state index in [1.54, 1.807) is 11.8 Å². The Morgan fingerprint density at radius 2 is 1.93 bits per heavy atom. The van der Waals surface area contributed by atoms with Crippen molar-refractivity contribution in [3.63, 3.8) is 0 Å². The minimum absolute atomic E-state index is 0.0792. The number of benzene rings is 2. The van der Waals surface area contributed by atoms with Crippen LogP contribution in [0.1, 0.15) is 17.5 Å². The second kappa shape index (κ2) is 11.0. The van der Waals surface area contributed by atoms with Crippen molar-refractivity contribution in [1.82, 2.24) is 5.32 Å². The zero-order chi connectivity index (χ0) is 22.1. The topological polar surface area (TPSA) is 110 Å². The smallest absolute Gasteiger partial charge is 0.271 e. The SMILES string of the molecule is Cc1cccc(CSCCCNC(=O)CN(c2cccc([N+](=O)[O-])c2)S(C)(=O)=O)c1. The second-order valence-electron chi connectivity index (χ2n) is 6.79. The molecule has 0 atom stereocenters. The summed E-state index contributed by atoms with van der Waals surface area (Å²) in [6.07, 6.45) is 1.71. The summed E-state index contributed by atoms with van der Waals surface area (Å²) < 4.78 is 25.1. The van der Waals surface area contributed by atoms with Gasteiger partial charge in [0.05, 0.1) is 16.9 Å². The van der Waals surface area contributed by atoms with E-state index in [2.05, 4.69) is 30.4 Å². The number of sulfonamides is 1. The van der Waals surface area contributed by atoms with Crippen LogP contribution in [0.5, 0.6) is 0 Å². The average Bonchev–Trinajstić information content (AvgIpc) is 2.68. The lowest BCUT2D eigenvalue weighted by molar-refractivity contribution is -0.384. The number of nitro groups is 1. The zero-order valence-electron chi connectivity index (χ0n) is 16.9. The number of nitrogens with zero attached hydrogens (tertiary/aromatic N) is 2. The van der Waals surface area contributed by atoms with Gasteiger partial charge in [0.1, 0.15) is 6.54 Å².